The molecule has 0 fully saturated rings. The molecule has 0 aliphatic heterocycles. The van der Waals surface area contributed by atoms with E-state index in [1.54, 1.807) is 0 Å². The number of aryl methyl sites for hydroxylation is 3. The lowest BCUT2D eigenvalue weighted by Gasteiger charge is -2.10. The van der Waals surface area contributed by atoms with Crippen LogP contribution < -0.4 is 0 Å². The standard InChI is InChI=1S/C17H18N4O2/c1-11-14(10-13-6-4-3-5-7-13)17-20-19-15(8-9-16(22)23)21(17)12(2)18-11/h3-7H,8-10H2,1-2H3,(H,22,23). The molecule has 0 saturated carbocycles. The van der Waals surface area contributed by atoms with Crippen LogP contribution in [0, 0.1) is 13.8 Å². The predicted octanol–water partition coefficient (Wildman–Crippen LogP) is 2.35. The quantitative estimate of drug-likeness (QED) is 0.782. The molecular weight excluding hydrogens is 292 g/mol. The molecule has 1 N–H and O–H groups in total. The first-order valence-electron chi connectivity index (χ1n) is 7.52. The molecule has 6 nitrogen and oxygen atoms in total. The highest BCUT2D eigenvalue weighted by Gasteiger charge is 2.16. The highest BCUT2D eigenvalue weighted by atomic mass is 16.4. The number of carboxylic acids is 1. The number of hydrogen-bond acceptors (Lipinski definition) is 4. The second kappa shape index (κ2) is 6.16. The number of hydrogen-bond donors (Lipinski definition) is 1. The molecule has 0 aliphatic rings. The third kappa shape index (κ3) is 3.06. The Bertz CT molecular complexity index is 856. The van der Waals surface area contributed by atoms with Crippen LogP contribution in [-0.4, -0.2) is 30.7 Å². The molecule has 0 atom stereocenters. The van der Waals surface area contributed by atoms with Gasteiger partial charge in [-0.15, -0.1) is 10.2 Å². The van der Waals surface area contributed by atoms with Gasteiger partial charge >= 0.3 is 5.97 Å². The van der Waals surface area contributed by atoms with E-state index in [4.69, 9.17) is 5.11 Å². The molecule has 1 aromatic carbocycles. The van der Waals surface area contributed by atoms with Crippen molar-refractivity contribution in [3.8, 4) is 0 Å². The highest BCUT2D eigenvalue weighted by Crippen LogP contribution is 2.20. The van der Waals surface area contributed by atoms with Crippen molar-refractivity contribution in [3.63, 3.8) is 0 Å². The molecule has 0 saturated heterocycles. The summed E-state index contributed by atoms with van der Waals surface area (Å²) in [6, 6.07) is 10.1. The largest absolute Gasteiger partial charge is 0.481 e. The van der Waals surface area contributed by atoms with Crippen LogP contribution in [0.4, 0.5) is 0 Å². The summed E-state index contributed by atoms with van der Waals surface area (Å²) in [5.74, 6) is 0.574. The second-order valence-corrected chi connectivity index (χ2v) is 5.55. The monoisotopic (exact) mass is 310 g/mol. The fraction of sp³-hybridized carbons (Fsp3) is 0.294. The number of aliphatic carboxylic acids is 1. The molecule has 2 aromatic heterocycles. The Hall–Kier alpha value is -2.76. The van der Waals surface area contributed by atoms with Gasteiger partial charge in [0, 0.05) is 24.1 Å². The van der Waals surface area contributed by atoms with Crippen LogP contribution in [0.3, 0.4) is 0 Å². The van der Waals surface area contributed by atoms with E-state index in [0.29, 0.717) is 12.2 Å². The normalized spacial score (nSPS) is 11.0. The number of rotatable bonds is 5. The lowest BCUT2D eigenvalue weighted by molar-refractivity contribution is -0.137. The molecular formula is C17H18N4O2. The van der Waals surface area contributed by atoms with Crippen LogP contribution in [0.25, 0.3) is 5.65 Å². The van der Waals surface area contributed by atoms with Crippen LogP contribution in [0.15, 0.2) is 30.3 Å². The van der Waals surface area contributed by atoms with Gasteiger partial charge in [0.05, 0.1) is 6.42 Å². The molecule has 0 spiro atoms. The molecule has 0 bridgehead atoms. The molecule has 2 heterocycles. The summed E-state index contributed by atoms with van der Waals surface area (Å²) in [6.45, 7) is 3.86. The summed E-state index contributed by atoms with van der Waals surface area (Å²) in [4.78, 5) is 15.4. The fourth-order valence-electron chi connectivity index (χ4n) is 2.76. The first-order chi connectivity index (χ1) is 11.1. The van der Waals surface area contributed by atoms with E-state index < -0.39 is 5.97 Å². The average molecular weight is 310 g/mol. The fourth-order valence-corrected chi connectivity index (χ4v) is 2.76. The molecule has 23 heavy (non-hydrogen) atoms. The molecule has 118 valence electrons. The van der Waals surface area contributed by atoms with Gasteiger partial charge in [-0.1, -0.05) is 30.3 Å². The smallest absolute Gasteiger partial charge is 0.303 e. The zero-order valence-electron chi connectivity index (χ0n) is 13.2. The summed E-state index contributed by atoms with van der Waals surface area (Å²) in [6.07, 6.45) is 1.09. The van der Waals surface area contributed by atoms with Crippen molar-refractivity contribution in [1.29, 1.82) is 0 Å². The molecule has 3 aromatic rings. The van der Waals surface area contributed by atoms with Gasteiger partial charge in [-0.2, -0.15) is 0 Å². The molecule has 0 aliphatic carbocycles. The van der Waals surface area contributed by atoms with E-state index in [1.165, 1.54) is 5.56 Å². The number of fused-ring (bicyclic) bond motifs is 1. The third-order valence-corrected chi connectivity index (χ3v) is 3.88. The zero-order chi connectivity index (χ0) is 16.4. The lowest BCUT2D eigenvalue weighted by atomic mass is 10.0. The Balaban J connectivity index is 2.06. The molecule has 0 amide bonds. The van der Waals surface area contributed by atoms with Crippen LogP contribution >= 0.6 is 0 Å². The van der Waals surface area contributed by atoms with Gasteiger partial charge in [-0.05, 0) is 19.4 Å². The van der Waals surface area contributed by atoms with E-state index in [2.05, 4.69) is 27.3 Å². The number of carbonyl (C=O) groups is 1. The SMILES string of the molecule is Cc1nc(C)n2c(CCC(=O)O)nnc2c1Cc1ccccc1. The molecule has 0 radical (unpaired) electrons. The Labute approximate surface area is 133 Å². The third-order valence-electron chi connectivity index (χ3n) is 3.88. The van der Waals surface area contributed by atoms with Gasteiger partial charge in [-0.3, -0.25) is 9.20 Å². The number of aromatic nitrogens is 4. The Kier molecular flexibility index (Phi) is 4.06. The number of carboxylic acid groups (broad SMARTS) is 1. The summed E-state index contributed by atoms with van der Waals surface area (Å²) < 4.78 is 1.87. The first kappa shape index (κ1) is 15.1. The van der Waals surface area contributed by atoms with Crippen molar-refractivity contribution in [3.05, 3.63) is 58.8 Å². The topological polar surface area (TPSA) is 80.4 Å². The maximum atomic E-state index is 10.8. The Morgan fingerprint density at radius 2 is 1.91 bits per heavy atom. The molecule has 0 unspecified atom stereocenters. The molecule has 3 rings (SSSR count). The summed E-state index contributed by atoms with van der Waals surface area (Å²) >= 11 is 0. The van der Waals surface area contributed by atoms with Crippen molar-refractivity contribution >= 4 is 11.6 Å². The van der Waals surface area contributed by atoms with Crippen molar-refractivity contribution in [2.24, 2.45) is 0 Å². The van der Waals surface area contributed by atoms with Crippen LogP contribution in [0.1, 0.15) is 34.9 Å². The van der Waals surface area contributed by atoms with Gasteiger partial charge < -0.3 is 5.11 Å². The minimum Gasteiger partial charge on any atom is -0.481 e. The summed E-state index contributed by atoms with van der Waals surface area (Å²) in [5.41, 5.74) is 3.89. The lowest BCUT2D eigenvalue weighted by Crippen LogP contribution is -2.08. The highest BCUT2D eigenvalue weighted by molar-refractivity contribution is 5.67. The summed E-state index contributed by atoms with van der Waals surface area (Å²) in [7, 11) is 0. The number of benzene rings is 1. The van der Waals surface area contributed by atoms with Crippen molar-refractivity contribution in [2.45, 2.75) is 33.1 Å². The Morgan fingerprint density at radius 1 is 1.17 bits per heavy atom. The predicted molar refractivity (Wildman–Crippen MR) is 85.5 cm³/mol. The minimum absolute atomic E-state index is 0.0299. The van der Waals surface area contributed by atoms with E-state index in [1.807, 2.05) is 36.4 Å². The van der Waals surface area contributed by atoms with Gasteiger partial charge in [0.2, 0.25) is 0 Å². The Morgan fingerprint density at radius 3 is 2.61 bits per heavy atom. The van der Waals surface area contributed by atoms with Crippen LogP contribution in [0.5, 0.6) is 0 Å². The van der Waals surface area contributed by atoms with Crippen molar-refractivity contribution in [1.82, 2.24) is 19.6 Å². The van der Waals surface area contributed by atoms with Gasteiger partial charge in [0.25, 0.3) is 0 Å². The zero-order valence-corrected chi connectivity index (χ0v) is 13.2. The van der Waals surface area contributed by atoms with Crippen molar-refractivity contribution in [2.75, 3.05) is 0 Å². The van der Waals surface area contributed by atoms with E-state index in [-0.39, 0.29) is 6.42 Å². The molecule has 6 heteroatoms. The average Bonchev–Trinajstić information content (AvgIpc) is 2.95. The maximum Gasteiger partial charge on any atom is 0.303 e. The van der Waals surface area contributed by atoms with E-state index in [9.17, 15) is 4.79 Å². The van der Waals surface area contributed by atoms with Crippen LogP contribution in [-0.2, 0) is 17.6 Å². The second-order valence-electron chi connectivity index (χ2n) is 5.55. The van der Waals surface area contributed by atoms with Crippen LogP contribution in [0.2, 0.25) is 0 Å². The van der Waals surface area contributed by atoms with E-state index in [0.717, 1.165) is 29.1 Å². The minimum atomic E-state index is -0.844. The summed E-state index contributed by atoms with van der Waals surface area (Å²) in [5, 5.41) is 17.3. The van der Waals surface area contributed by atoms with Gasteiger partial charge in [0.15, 0.2) is 5.65 Å². The van der Waals surface area contributed by atoms with E-state index >= 15 is 0 Å². The number of nitrogens with zero attached hydrogens (tertiary/aromatic N) is 4. The van der Waals surface area contributed by atoms with Crippen molar-refractivity contribution < 1.29 is 9.90 Å². The maximum absolute atomic E-state index is 10.8. The first-order valence-corrected chi connectivity index (χ1v) is 7.52. The van der Waals surface area contributed by atoms with Gasteiger partial charge in [0.1, 0.15) is 11.6 Å². The van der Waals surface area contributed by atoms with Gasteiger partial charge in [-0.25, -0.2) is 4.98 Å².